The van der Waals surface area contributed by atoms with E-state index in [-0.39, 0.29) is 5.97 Å². The van der Waals surface area contributed by atoms with Gasteiger partial charge in [-0.3, -0.25) is 4.79 Å². The van der Waals surface area contributed by atoms with Crippen LogP contribution in [0, 0.1) is 0 Å². The molecular weight excluding hydrogens is 274 g/mol. The highest BCUT2D eigenvalue weighted by Gasteiger charge is 2.05. The van der Waals surface area contributed by atoms with Crippen LogP contribution in [0.2, 0.25) is 0 Å². The third-order valence-electron chi connectivity index (χ3n) is 2.02. The molecule has 6 heteroatoms. The second kappa shape index (κ2) is 6.28. The molecule has 1 heterocycles. The van der Waals surface area contributed by atoms with Crippen LogP contribution in [-0.2, 0) is 9.53 Å². The summed E-state index contributed by atoms with van der Waals surface area (Å²) in [6, 6.07) is 8.07. The highest BCUT2D eigenvalue weighted by Crippen LogP contribution is 2.36. The number of carbonyl (C=O) groups is 1. The van der Waals surface area contributed by atoms with Crippen LogP contribution in [0.3, 0.4) is 0 Å². The molecule has 0 amide bonds. The molecule has 0 spiro atoms. The lowest BCUT2D eigenvalue weighted by molar-refractivity contribution is -0.140. The van der Waals surface area contributed by atoms with Crippen LogP contribution >= 0.6 is 32.9 Å². The number of rotatable bonds is 5. The first kappa shape index (κ1) is 12.7. The second-order valence-corrected chi connectivity index (χ2v) is 6.87. The number of hydrogen-bond donors (Lipinski definition) is 0. The molecule has 2 rings (SSSR count). The standard InChI is InChI=1S/C11H11NO2S3/c1-14-10(13)6-7-15-17-11-12-8-4-2-3-5-9(8)16-11/h2-5H,6-7H2,1H3. The Hall–Kier alpha value is -0.720. The van der Waals surface area contributed by atoms with Crippen molar-refractivity contribution in [2.75, 3.05) is 12.9 Å². The molecule has 0 saturated heterocycles. The summed E-state index contributed by atoms with van der Waals surface area (Å²) in [5, 5.41) is 0. The lowest BCUT2D eigenvalue weighted by Crippen LogP contribution is -2.00. The normalized spacial score (nSPS) is 10.6. The Kier molecular flexibility index (Phi) is 4.70. The summed E-state index contributed by atoms with van der Waals surface area (Å²) >= 11 is 1.68. The third-order valence-corrected chi connectivity index (χ3v) is 5.72. The minimum Gasteiger partial charge on any atom is -0.469 e. The van der Waals surface area contributed by atoms with Crippen LogP contribution in [0.15, 0.2) is 28.6 Å². The molecule has 1 aromatic carbocycles. The van der Waals surface area contributed by atoms with Crippen LogP contribution in [0.4, 0.5) is 0 Å². The number of hydrogen-bond acceptors (Lipinski definition) is 6. The molecule has 90 valence electrons. The van der Waals surface area contributed by atoms with Gasteiger partial charge in [0.15, 0.2) is 4.34 Å². The number of carbonyl (C=O) groups excluding carboxylic acids is 1. The van der Waals surface area contributed by atoms with Gasteiger partial charge in [-0.2, -0.15) is 0 Å². The van der Waals surface area contributed by atoms with Crippen LogP contribution in [0.1, 0.15) is 6.42 Å². The van der Waals surface area contributed by atoms with Gasteiger partial charge in [0.25, 0.3) is 0 Å². The van der Waals surface area contributed by atoms with E-state index in [1.807, 2.05) is 18.2 Å². The van der Waals surface area contributed by atoms with Gasteiger partial charge in [-0.1, -0.05) is 22.9 Å². The lowest BCUT2D eigenvalue weighted by atomic mass is 10.3. The molecule has 0 unspecified atom stereocenters. The topological polar surface area (TPSA) is 39.2 Å². The zero-order chi connectivity index (χ0) is 12.1. The van der Waals surface area contributed by atoms with Crippen LogP contribution < -0.4 is 0 Å². The Morgan fingerprint density at radius 1 is 1.47 bits per heavy atom. The van der Waals surface area contributed by atoms with Crippen molar-refractivity contribution in [3.05, 3.63) is 24.3 Å². The van der Waals surface area contributed by atoms with Crippen molar-refractivity contribution in [2.24, 2.45) is 0 Å². The van der Waals surface area contributed by atoms with E-state index in [2.05, 4.69) is 15.8 Å². The molecule has 0 radical (unpaired) electrons. The predicted octanol–water partition coefficient (Wildman–Crippen LogP) is 3.60. The number of methoxy groups -OCH3 is 1. The Bertz CT molecular complexity index is 479. The number of nitrogens with zero attached hydrogens (tertiary/aromatic N) is 1. The van der Waals surface area contributed by atoms with Crippen molar-refractivity contribution in [3.63, 3.8) is 0 Å². The van der Waals surface area contributed by atoms with Gasteiger partial charge in [-0.25, -0.2) is 4.98 Å². The van der Waals surface area contributed by atoms with Gasteiger partial charge in [0.05, 0.1) is 23.7 Å². The van der Waals surface area contributed by atoms with Gasteiger partial charge in [0, 0.05) is 5.75 Å². The van der Waals surface area contributed by atoms with Crippen LogP contribution in [-0.4, -0.2) is 23.8 Å². The average molecular weight is 285 g/mol. The third kappa shape index (κ3) is 3.62. The first-order valence-electron chi connectivity index (χ1n) is 5.01. The van der Waals surface area contributed by atoms with Gasteiger partial charge in [0.2, 0.25) is 0 Å². The molecule has 0 aliphatic carbocycles. The lowest BCUT2D eigenvalue weighted by Gasteiger charge is -1.97. The fourth-order valence-corrected chi connectivity index (χ4v) is 4.53. The van der Waals surface area contributed by atoms with Gasteiger partial charge < -0.3 is 4.74 Å². The number of para-hydroxylation sites is 1. The minimum atomic E-state index is -0.164. The molecule has 0 saturated carbocycles. The molecule has 0 atom stereocenters. The first-order chi connectivity index (χ1) is 8.29. The van der Waals surface area contributed by atoms with Gasteiger partial charge in [0.1, 0.15) is 0 Å². The van der Waals surface area contributed by atoms with Crippen molar-refractivity contribution in [2.45, 2.75) is 10.8 Å². The summed E-state index contributed by atoms with van der Waals surface area (Å²) < 4.78 is 6.80. The number of fused-ring (bicyclic) bond motifs is 1. The van der Waals surface area contributed by atoms with Gasteiger partial charge >= 0.3 is 5.97 Å². The number of ether oxygens (including phenoxy) is 1. The van der Waals surface area contributed by atoms with E-state index in [9.17, 15) is 4.79 Å². The molecule has 0 fully saturated rings. The van der Waals surface area contributed by atoms with Crippen molar-refractivity contribution in [1.82, 2.24) is 4.98 Å². The molecule has 2 aromatic rings. The Labute approximate surface area is 111 Å². The molecular formula is C11H11NO2S3. The highest BCUT2D eigenvalue weighted by molar-refractivity contribution is 8.77. The predicted molar refractivity (Wildman–Crippen MR) is 74.6 cm³/mol. The molecule has 0 aliphatic rings. The van der Waals surface area contributed by atoms with E-state index in [0.29, 0.717) is 6.42 Å². The van der Waals surface area contributed by atoms with Gasteiger partial charge in [-0.05, 0) is 22.9 Å². The number of thiazole rings is 1. The maximum absolute atomic E-state index is 10.9. The molecule has 0 N–H and O–H groups in total. The number of aromatic nitrogens is 1. The quantitative estimate of drug-likeness (QED) is 0.477. The molecule has 0 aliphatic heterocycles. The minimum absolute atomic E-state index is 0.164. The van der Waals surface area contributed by atoms with E-state index in [4.69, 9.17) is 0 Å². The molecule has 0 bridgehead atoms. The number of benzene rings is 1. The molecule has 1 aromatic heterocycles. The average Bonchev–Trinajstić information content (AvgIpc) is 2.76. The fourth-order valence-electron chi connectivity index (χ4n) is 1.21. The SMILES string of the molecule is COC(=O)CCSSc1nc2ccccc2s1. The van der Waals surface area contributed by atoms with Crippen LogP contribution in [0.25, 0.3) is 10.2 Å². The second-order valence-electron chi connectivity index (χ2n) is 3.18. The Morgan fingerprint density at radius 2 is 2.29 bits per heavy atom. The smallest absolute Gasteiger partial charge is 0.306 e. The Morgan fingerprint density at radius 3 is 3.06 bits per heavy atom. The summed E-state index contributed by atoms with van der Waals surface area (Å²) in [5.74, 6) is 0.579. The van der Waals surface area contributed by atoms with E-state index in [1.165, 1.54) is 11.8 Å². The highest BCUT2D eigenvalue weighted by atomic mass is 33.1. The summed E-state index contributed by atoms with van der Waals surface area (Å²) in [6.07, 6.45) is 0.444. The monoisotopic (exact) mass is 285 g/mol. The van der Waals surface area contributed by atoms with Crippen molar-refractivity contribution >= 4 is 49.1 Å². The van der Waals surface area contributed by atoms with E-state index >= 15 is 0 Å². The van der Waals surface area contributed by atoms with Gasteiger partial charge in [-0.15, -0.1) is 11.3 Å². The van der Waals surface area contributed by atoms with E-state index in [1.54, 1.807) is 32.9 Å². The maximum atomic E-state index is 10.9. The van der Waals surface area contributed by atoms with E-state index < -0.39 is 0 Å². The first-order valence-corrected chi connectivity index (χ1v) is 8.15. The van der Waals surface area contributed by atoms with Crippen molar-refractivity contribution in [1.29, 1.82) is 0 Å². The summed E-state index contributed by atoms with van der Waals surface area (Å²) in [7, 11) is 4.65. The summed E-state index contributed by atoms with van der Waals surface area (Å²) in [6.45, 7) is 0. The van der Waals surface area contributed by atoms with Crippen molar-refractivity contribution < 1.29 is 9.53 Å². The summed E-state index contributed by atoms with van der Waals surface area (Å²) in [4.78, 5) is 15.4. The fraction of sp³-hybridized carbons (Fsp3) is 0.273. The largest absolute Gasteiger partial charge is 0.469 e. The van der Waals surface area contributed by atoms with Crippen LogP contribution in [0.5, 0.6) is 0 Å². The number of esters is 1. The zero-order valence-corrected chi connectivity index (χ0v) is 11.7. The molecule has 17 heavy (non-hydrogen) atoms. The van der Waals surface area contributed by atoms with Crippen molar-refractivity contribution in [3.8, 4) is 0 Å². The van der Waals surface area contributed by atoms with E-state index in [0.717, 1.165) is 15.6 Å². The summed E-state index contributed by atoms with van der Waals surface area (Å²) in [5.41, 5.74) is 1.04. The zero-order valence-electron chi connectivity index (χ0n) is 9.21. The molecule has 3 nitrogen and oxygen atoms in total. The maximum Gasteiger partial charge on any atom is 0.306 e. The Balaban J connectivity index is 1.85.